The summed E-state index contributed by atoms with van der Waals surface area (Å²) < 4.78 is 0. The van der Waals surface area contributed by atoms with Crippen LogP contribution >= 0.6 is 0 Å². The first-order valence-electron chi connectivity index (χ1n) is 17.3. The summed E-state index contributed by atoms with van der Waals surface area (Å²) >= 11 is 0. The number of carbonyl (C=O) groups is 7. The van der Waals surface area contributed by atoms with E-state index in [0.29, 0.717) is 50.8 Å². The first-order valence-corrected chi connectivity index (χ1v) is 17.3. The molecule has 15 nitrogen and oxygen atoms in total. The van der Waals surface area contributed by atoms with Crippen LogP contribution in [-0.4, -0.2) is 114 Å². The Morgan fingerprint density at radius 1 is 0.960 bits per heavy atom. The molecule has 0 bridgehead atoms. The maximum atomic E-state index is 14.0. The van der Waals surface area contributed by atoms with Crippen molar-refractivity contribution in [1.29, 1.82) is 0 Å². The van der Waals surface area contributed by atoms with E-state index in [9.17, 15) is 33.6 Å². The summed E-state index contributed by atoms with van der Waals surface area (Å²) in [5.74, 6) is -4.20. The van der Waals surface area contributed by atoms with Crippen LogP contribution in [0.5, 0.6) is 0 Å². The number of rotatable bonds is 13. The van der Waals surface area contributed by atoms with E-state index in [0.717, 1.165) is 6.42 Å². The molecule has 7 amide bonds. The third-order valence-corrected chi connectivity index (χ3v) is 9.62. The van der Waals surface area contributed by atoms with Gasteiger partial charge in [-0.15, -0.1) is 0 Å². The third kappa shape index (κ3) is 9.37. The van der Waals surface area contributed by atoms with Gasteiger partial charge in [0.2, 0.25) is 29.4 Å². The minimum absolute atomic E-state index is 0.273. The van der Waals surface area contributed by atoms with Gasteiger partial charge in [-0.25, -0.2) is 4.79 Å². The van der Waals surface area contributed by atoms with Crippen LogP contribution < -0.4 is 31.9 Å². The molecule has 5 unspecified atom stereocenters. The summed E-state index contributed by atoms with van der Waals surface area (Å²) in [5, 5.41) is 16.6. The van der Waals surface area contributed by atoms with Crippen LogP contribution in [0.15, 0.2) is 30.3 Å². The van der Waals surface area contributed by atoms with E-state index < -0.39 is 77.2 Å². The van der Waals surface area contributed by atoms with Crippen molar-refractivity contribution in [2.45, 2.75) is 101 Å². The average Bonchev–Trinajstić information content (AvgIpc) is 3.51. The second kappa shape index (κ2) is 16.0. The number of benzene rings is 1. The number of hydrogen-bond acceptors (Lipinski definition) is 8. The van der Waals surface area contributed by atoms with Crippen LogP contribution in [-0.2, 0) is 28.8 Å². The highest BCUT2D eigenvalue weighted by molar-refractivity contribution is 6.38. The zero-order valence-electron chi connectivity index (χ0n) is 29.9. The Balaban J connectivity index is 1.40. The zero-order chi connectivity index (χ0) is 36.8. The fourth-order valence-corrected chi connectivity index (χ4v) is 6.45. The average molecular weight is 697 g/mol. The highest BCUT2D eigenvalue weighted by atomic mass is 16.2. The Labute approximate surface area is 293 Å². The molecule has 0 radical (unpaired) electrons. The van der Waals surface area contributed by atoms with E-state index >= 15 is 0 Å². The Kier molecular flexibility index (Phi) is 12.2. The van der Waals surface area contributed by atoms with Crippen LogP contribution in [0, 0.1) is 5.92 Å². The summed E-state index contributed by atoms with van der Waals surface area (Å²) in [6.45, 7) is 7.77. The van der Waals surface area contributed by atoms with Gasteiger partial charge in [-0.1, -0.05) is 36.8 Å². The maximum absolute atomic E-state index is 14.0. The van der Waals surface area contributed by atoms with E-state index in [4.69, 9.17) is 0 Å². The van der Waals surface area contributed by atoms with E-state index in [-0.39, 0.29) is 11.8 Å². The Morgan fingerprint density at radius 2 is 1.62 bits per heavy atom. The van der Waals surface area contributed by atoms with Gasteiger partial charge >= 0.3 is 6.03 Å². The number of amides is 7. The molecule has 5 atom stereocenters. The van der Waals surface area contributed by atoms with Gasteiger partial charge in [0, 0.05) is 31.7 Å². The molecule has 274 valence electrons. The van der Waals surface area contributed by atoms with E-state index in [2.05, 4.69) is 31.9 Å². The second-order valence-electron chi connectivity index (χ2n) is 14.9. The van der Waals surface area contributed by atoms with Crippen LogP contribution in [0.4, 0.5) is 4.79 Å². The molecule has 2 saturated heterocycles. The van der Waals surface area contributed by atoms with Crippen molar-refractivity contribution in [3.05, 3.63) is 35.9 Å². The lowest BCUT2D eigenvalue weighted by Crippen LogP contribution is -2.72. The molecule has 6 N–H and O–H groups in total. The maximum Gasteiger partial charge on any atom is 0.315 e. The lowest BCUT2D eigenvalue weighted by Gasteiger charge is -2.47. The van der Waals surface area contributed by atoms with Crippen LogP contribution in [0.1, 0.15) is 77.8 Å². The highest BCUT2D eigenvalue weighted by Crippen LogP contribution is 2.31. The molecule has 3 aliphatic rings. The predicted molar refractivity (Wildman–Crippen MR) is 184 cm³/mol. The first-order chi connectivity index (χ1) is 23.5. The van der Waals surface area contributed by atoms with Crippen molar-refractivity contribution in [3.8, 4) is 0 Å². The van der Waals surface area contributed by atoms with Crippen LogP contribution in [0.25, 0.3) is 0 Å². The summed E-state index contributed by atoms with van der Waals surface area (Å²) in [4.78, 5) is 95.5. The lowest BCUT2D eigenvalue weighted by atomic mass is 9.78. The molecule has 0 aromatic heterocycles. The standard InChI is InChI=1S/C35H52N8O7/c1-34(2,3)41-33(50)40-28(35(4)17-18-37-35)32(49)43-19-11-16-23(43)29(46)39-25(21-14-10-15-21)27(45)30(47)36-20-24(44)38-26(31(48)42(5)6)22-12-8-7-9-13-22/h7-9,12-13,21,23,25-26,28,37H,10-11,14-20H2,1-6H3,(H,36,47)(H,38,44)(H,39,46)(H2,40,41,50). The molecular weight excluding hydrogens is 644 g/mol. The Hall–Kier alpha value is -4.53. The Bertz CT molecular complexity index is 1450. The van der Waals surface area contributed by atoms with Gasteiger partial charge in [0.25, 0.3) is 5.91 Å². The molecule has 1 aliphatic carbocycles. The molecule has 1 aromatic carbocycles. The minimum atomic E-state index is -1.14. The second-order valence-corrected chi connectivity index (χ2v) is 14.9. The molecule has 2 heterocycles. The first kappa shape index (κ1) is 38.3. The molecule has 3 fully saturated rings. The van der Waals surface area contributed by atoms with E-state index in [1.165, 1.54) is 9.80 Å². The largest absolute Gasteiger partial charge is 0.347 e. The molecule has 0 spiro atoms. The van der Waals surface area contributed by atoms with E-state index in [1.807, 2.05) is 27.7 Å². The molecular formula is C35H52N8O7. The fraction of sp³-hybridized carbons (Fsp3) is 0.629. The van der Waals surface area contributed by atoms with Crippen molar-refractivity contribution >= 4 is 41.4 Å². The number of nitrogens with zero attached hydrogens (tertiary/aromatic N) is 2. The van der Waals surface area contributed by atoms with Crippen molar-refractivity contribution < 1.29 is 33.6 Å². The number of carbonyl (C=O) groups excluding carboxylic acids is 7. The molecule has 2 aliphatic heterocycles. The number of hydrogen-bond donors (Lipinski definition) is 6. The van der Waals surface area contributed by atoms with Crippen molar-refractivity contribution in [2.24, 2.45) is 5.92 Å². The van der Waals surface area contributed by atoms with Gasteiger partial charge in [0.15, 0.2) is 0 Å². The fourth-order valence-electron chi connectivity index (χ4n) is 6.45. The zero-order valence-corrected chi connectivity index (χ0v) is 29.9. The van der Waals surface area contributed by atoms with Crippen molar-refractivity contribution in [1.82, 2.24) is 41.7 Å². The summed E-state index contributed by atoms with van der Waals surface area (Å²) in [5.41, 5.74) is -0.676. The number of urea groups is 1. The lowest BCUT2D eigenvalue weighted by molar-refractivity contribution is -0.145. The van der Waals surface area contributed by atoms with Gasteiger partial charge < -0.3 is 41.7 Å². The number of ketones is 1. The number of nitrogens with one attached hydrogen (secondary N) is 6. The number of likely N-dealkylation sites (tertiary alicyclic amines) is 1. The topological polar surface area (TPSA) is 198 Å². The van der Waals surface area contributed by atoms with Gasteiger partial charge in [-0.3, -0.25) is 28.8 Å². The number of likely N-dealkylation sites (N-methyl/N-ethyl adjacent to an activating group) is 1. The monoisotopic (exact) mass is 696 g/mol. The molecule has 15 heteroatoms. The third-order valence-electron chi connectivity index (χ3n) is 9.62. The molecule has 1 aromatic rings. The summed E-state index contributed by atoms with van der Waals surface area (Å²) in [6, 6.07) is 4.19. The Morgan fingerprint density at radius 3 is 2.16 bits per heavy atom. The van der Waals surface area contributed by atoms with E-state index in [1.54, 1.807) is 44.4 Å². The highest BCUT2D eigenvalue weighted by Gasteiger charge is 2.49. The predicted octanol–water partition coefficient (Wildman–Crippen LogP) is 0.112. The molecule has 1 saturated carbocycles. The smallest absolute Gasteiger partial charge is 0.315 e. The van der Waals surface area contributed by atoms with Crippen molar-refractivity contribution in [2.75, 3.05) is 33.7 Å². The SMILES string of the molecule is CN(C)C(=O)C(NC(=O)CNC(=O)C(=O)C(NC(=O)C1CCCN1C(=O)C(NC(=O)NC(C)(C)C)C1(C)CCN1)C1CCC1)c1ccccc1. The minimum Gasteiger partial charge on any atom is -0.347 e. The van der Waals surface area contributed by atoms with Crippen LogP contribution in [0.3, 0.4) is 0 Å². The molecule has 50 heavy (non-hydrogen) atoms. The number of Topliss-reactive ketones (excluding diaryl/α,β-unsaturated/α-hetero) is 1. The molecule has 4 rings (SSSR count). The van der Waals surface area contributed by atoms with Crippen molar-refractivity contribution in [3.63, 3.8) is 0 Å². The van der Waals surface area contributed by atoms with Gasteiger partial charge in [-0.05, 0) is 77.8 Å². The quantitative estimate of drug-likeness (QED) is 0.156. The van der Waals surface area contributed by atoms with Gasteiger partial charge in [0.1, 0.15) is 24.2 Å². The van der Waals surface area contributed by atoms with Gasteiger partial charge in [0.05, 0.1) is 6.54 Å². The summed E-state index contributed by atoms with van der Waals surface area (Å²) in [7, 11) is 3.13. The normalized spacial score (nSPS) is 22.0. The van der Waals surface area contributed by atoms with Gasteiger partial charge in [-0.2, -0.15) is 0 Å². The van der Waals surface area contributed by atoms with Crippen LogP contribution in [0.2, 0.25) is 0 Å². The summed E-state index contributed by atoms with van der Waals surface area (Å²) in [6.07, 6.45) is 3.64.